The number of hydrogen-bond donors (Lipinski definition) is 0. The summed E-state index contributed by atoms with van der Waals surface area (Å²) >= 11 is 1.03. The lowest BCUT2D eigenvalue weighted by molar-refractivity contribution is 0.656. The number of hydrogen-bond acceptors (Lipinski definition) is 2. The fourth-order valence-corrected chi connectivity index (χ4v) is 1.16. The van der Waals surface area contributed by atoms with Gasteiger partial charge in [-0.15, -0.1) is 11.3 Å². The van der Waals surface area contributed by atoms with Crippen LogP contribution in [0.25, 0.3) is 0 Å². The van der Waals surface area contributed by atoms with E-state index >= 15 is 0 Å². The second kappa shape index (κ2) is 2.60. The van der Waals surface area contributed by atoms with E-state index in [9.17, 15) is 4.39 Å². The average Bonchev–Trinajstić information content (AvgIpc) is 2.17. The first kappa shape index (κ1) is 6.24. The van der Waals surface area contributed by atoms with Crippen molar-refractivity contribution < 1.29 is 4.39 Å². The largest absolute Gasteiger partial charge is 0.198 e. The summed E-state index contributed by atoms with van der Waals surface area (Å²) < 4.78 is 12.2. The highest BCUT2D eigenvalue weighted by atomic mass is 32.1. The predicted molar refractivity (Wildman–Crippen MR) is 33.6 cm³/mol. The van der Waals surface area contributed by atoms with Gasteiger partial charge in [0.25, 0.3) is 0 Å². The lowest BCUT2D eigenvalue weighted by atomic mass is 10.3. The average molecular weight is 141 g/mol. The van der Waals surface area contributed by atoms with E-state index in [0.717, 1.165) is 16.9 Å². The molecule has 0 N–H and O–H groups in total. The molecule has 46 valence electrons. The highest BCUT2D eigenvalue weighted by Crippen LogP contribution is 2.11. The smallest absolute Gasteiger partial charge is 0.176 e. The normalized spacial score (nSPS) is 8.89. The Bertz CT molecular complexity index is 235. The first-order chi connectivity index (χ1) is 4.33. The third-order valence-electron chi connectivity index (χ3n) is 0.905. The van der Waals surface area contributed by atoms with Crippen molar-refractivity contribution in [1.82, 2.24) is 0 Å². The van der Waals surface area contributed by atoms with Gasteiger partial charge in [-0.25, -0.2) is 0 Å². The van der Waals surface area contributed by atoms with Gasteiger partial charge in [0.2, 0.25) is 0 Å². The summed E-state index contributed by atoms with van der Waals surface area (Å²) in [5.74, 6) is 0. The predicted octanol–water partition coefficient (Wildman–Crippen LogP) is 1.95. The fourth-order valence-electron chi connectivity index (χ4n) is 0.530. The molecule has 0 bridgehead atoms. The van der Waals surface area contributed by atoms with E-state index in [0.29, 0.717) is 6.42 Å². The van der Waals surface area contributed by atoms with Gasteiger partial charge in [-0.05, 0) is 17.0 Å². The number of rotatable bonds is 1. The number of thiophene rings is 1. The van der Waals surface area contributed by atoms with E-state index in [4.69, 9.17) is 5.26 Å². The molecule has 1 nitrogen and oxygen atoms in total. The molecule has 3 heteroatoms. The van der Waals surface area contributed by atoms with Gasteiger partial charge in [0.15, 0.2) is 5.13 Å². The van der Waals surface area contributed by atoms with Crippen molar-refractivity contribution in [3.63, 3.8) is 0 Å². The second-order valence-corrected chi connectivity index (χ2v) is 2.46. The van der Waals surface area contributed by atoms with E-state index in [1.54, 1.807) is 5.38 Å². The molecule has 0 saturated carbocycles. The Morgan fingerprint density at radius 2 is 2.56 bits per heavy atom. The van der Waals surface area contributed by atoms with Crippen LogP contribution in [-0.4, -0.2) is 0 Å². The Kier molecular flexibility index (Phi) is 1.81. The van der Waals surface area contributed by atoms with Crippen LogP contribution in [0.2, 0.25) is 0 Å². The second-order valence-electron chi connectivity index (χ2n) is 1.59. The van der Waals surface area contributed by atoms with Crippen LogP contribution in [0.3, 0.4) is 0 Å². The summed E-state index contributed by atoms with van der Waals surface area (Å²) in [6.07, 6.45) is 0.306. The molecule has 0 aliphatic carbocycles. The van der Waals surface area contributed by atoms with Crippen LogP contribution in [0.1, 0.15) is 5.56 Å². The Morgan fingerprint density at radius 3 is 3.00 bits per heavy atom. The summed E-state index contributed by atoms with van der Waals surface area (Å²) in [7, 11) is 0. The molecule has 1 aromatic rings. The minimum absolute atomic E-state index is 0.222. The number of nitriles is 1. The Labute approximate surface area is 56.4 Å². The molecule has 0 saturated heterocycles. The van der Waals surface area contributed by atoms with Gasteiger partial charge >= 0.3 is 0 Å². The van der Waals surface area contributed by atoms with Gasteiger partial charge < -0.3 is 0 Å². The molecule has 0 unspecified atom stereocenters. The monoisotopic (exact) mass is 141 g/mol. The zero-order valence-electron chi connectivity index (χ0n) is 4.60. The highest BCUT2D eigenvalue weighted by Gasteiger charge is 1.95. The van der Waals surface area contributed by atoms with Crippen LogP contribution >= 0.6 is 11.3 Å². The Hall–Kier alpha value is -0.880. The van der Waals surface area contributed by atoms with E-state index < -0.39 is 0 Å². The van der Waals surface area contributed by atoms with E-state index in [1.165, 1.54) is 6.07 Å². The van der Waals surface area contributed by atoms with Crippen molar-refractivity contribution in [3.05, 3.63) is 22.1 Å². The van der Waals surface area contributed by atoms with Gasteiger partial charge in [0.1, 0.15) is 0 Å². The topological polar surface area (TPSA) is 23.8 Å². The molecule has 9 heavy (non-hydrogen) atoms. The van der Waals surface area contributed by atoms with Gasteiger partial charge in [-0.3, -0.25) is 0 Å². The van der Waals surface area contributed by atoms with Crippen LogP contribution in [-0.2, 0) is 6.42 Å². The molecule has 0 aromatic carbocycles. The Morgan fingerprint density at radius 1 is 1.78 bits per heavy atom. The number of halogens is 1. The summed E-state index contributed by atoms with van der Waals surface area (Å²) in [4.78, 5) is 0. The van der Waals surface area contributed by atoms with Crippen LogP contribution in [0.15, 0.2) is 11.4 Å². The quantitative estimate of drug-likeness (QED) is 0.586. The standard InChI is InChI=1S/C6H4FNS/c7-6-3-5(1-2-8)4-9-6/h3-4H,1H2. The maximum atomic E-state index is 12.2. The molecule has 0 aliphatic heterocycles. The number of nitrogens with zero attached hydrogens (tertiary/aromatic N) is 1. The van der Waals surface area contributed by atoms with Crippen LogP contribution in [0.4, 0.5) is 4.39 Å². The van der Waals surface area contributed by atoms with Gasteiger partial charge in [0.05, 0.1) is 12.5 Å². The van der Waals surface area contributed by atoms with Crippen molar-refractivity contribution in [3.8, 4) is 6.07 Å². The zero-order chi connectivity index (χ0) is 6.69. The summed E-state index contributed by atoms with van der Waals surface area (Å²) in [6.45, 7) is 0. The van der Waals surface area contributed by atoms with Crippen LogP contribution in [0.5, 0.6) is 0 Å². The minimum Gasteiger partial charge on any atom is -0.198 e. The van der Waals surface area contributed by atoms with Crippen LogP contribution in [0, 0.1) is 16.5 Å². The molecule has 1 rings (SSSR count). The van der Waals surface area contributed by atoms with Gasteiger partial charge in [0, 0.05) is 0 Å². The molecule has 0 aliphatic rings. The first-order valence-electron chi connectivity index (χ1n) is 2.43. The van der Waals surface area contributed by atoms with Crippen molar-refractivity contribution in [2.24, 2.45) is 0 Å². The van der Waals surface area contributed by atoms with Gasteiger partial charge in [-0.2, -0.15) is 9.65 Å². The molecule has 0 radical (unpaired) electrons. The van der Waals surface area contributed by atoms with E-state index in [1.807, 2.05) is 6.07 Å². The molecular formula is C6H4FNS. The molecule has 0 amide bonds. The zero-order valence-corrected chi connectivity index (χ0v) is 5.41. The summed E-state index contributed by atoms with van der Waals surface area (Å²) in [6, 6.07) is 3.32. The molecule has 1 aromatic heterocycles. The maximum absolute atomic E-state index is 12.2. The highest BCUT2D eigenvalue weighted by molar-refractivity contribution is 7.08. The summed E-state index contributed by atoms with van der Waals surface area (Å²) in [5.41, 5.74) is 0.764. The Balaban J connectivity index is 2.76. The minimum atomic E-state index is -0.222. The third kappa shape index (κ3) is 1.51. The van der Waals surface area contributed by atoms with Gasteiger partial charge in [-0.1, -0.05) is 0 Å². The molecule has 0 fully saturated rings. The van der Waals surface area contributed by atoms with E-state index in [2.05, 4.69) is 0 Å². The lowest BCUT2D eigenvalue weighted by Gasteiger charge is -1.76. The lowest BCUT2D eigenvalue weighted by Crippen LogP contribution is -1.71. The first-order valence-corrected chi connectivity index (χ1v) is 3.31. The van der Waals surface area contributed by atoms with Crippen molar-refractivity contribution in [2.45, 2.75) is 6.42 Å². The molecular weight excluding hydrogens is 137 g/mol. The molecule has 1 heterocycles. The third-order valence-corrected chi connectivity index (χ3v) is 1.67. The summed E-state index contributed by atoms with van der Waals surface area (Å²) in [5, 5.41) is 9.59. The molecule has 0 spiro atoms. The van der Waals surface area contributed by atoms with Crippen LogP contribution < -0.4 is 0 Å². The van der Waals surface area contributed by atoms with E-state index in [-0.39, 0.29) is 5.13 Å². The maximum Gasteiger partial charge on any atom is 0.176 e. The van der Waals surface area contributed by atoms with Crippen molar-refractivity contribution >= 4 is 11.3 Å². The van der Waals surface area contributed by atoms with Crippen molar-refractivity contribution in [1.29, 1.82) is 5.26 Å². The van der Waals surface area contributed by atoms with Crippen molar-refractivity contribution in [2.75, 3.05) is 0 Å². The SMILES string of the molecule is N#CCc1csc(F)c1. The molecule has 0 atom stereocenters. The fraction of sp³-hybridized carbons (Fsp3) is 0.167.